The summed E-state index contributed by atoms with van der Waals surface area (Å²) >= 11 is 0. The number of hydrogen-bond donors (Lipinski definition) is 2. The van der Waals surface area contributed by atoms with Crippen LogP contribution in [0, 0.1) is 6.92 Å². The van der Waals surface area contributed by atoms with Gasteiger partial charge in [0.25, 0.3) is 5.91 Å². The van der Waals surface area contributed by atoms with Gasteiger partial charge in [-0.2, -0.15) is 0 Å². The first kappa shape index (κ1) is 12.2. The second-order valence-corrected chi connectivity index (χ2v) is 4.33. The number of aromatic nitrogens is 3. The van der Waals surface area contributed by atoms with Crippen molar-refractivity contribution in [2.45, 2.75) is 6.92 Å². The van der Waals surface area contributed by atoms with Gasteiger partial charge in [0.15, 0.2) is 0 Å². The smallest absolute Gasteiger partial charge is 0.296 e. The summed E-state index contributed by atoms with van der Waals surface area (Å²) < 4.78 is 4.77. The number of imidazole rings is 1. The van der Waals surface area contributed by atoms with Gasteiger partial charge in [-0.25, -0.2) is 4.98 Å². The zero-order valence-electron chi connectivity index (χ0n) is 10.8. The molecule has 0 spiro atoms. The fraction of sp³-hybridized carbons (Fsp3) is 0.0714. The van der Waals surface area contributed by atoms with E-state index in [4.69, 9.17) is 4.52 Å². The number of rotatable bonds is 3. The van der Waals surface area contributed by atoms with E-state index in [-0.39, 0.29) is 5.76 Å². The molecule has 0 atom stereocenters. The third-order valence-electron chi connectivity index (χ3n) is 2.82. The molecule has 0 bridgehead atoms. The summed E-state index contributed by atoms with van der Waals surface area (Å²) in [6, 6.07) is 9.47. The molecule has 0 saturated carbocycles. The van der Waals surface area contributed by atoms with Crippen LogP contribution in [-0.2, 0) is 0 Å². The number of carbonyl (C=O) groups excluding carboxylic acids is 1. The Morgan fingerprint density at radius 1 is 1.25 bits per heavy atom. The van der Waals surface area contributed by atoms with Crippen LogP contribution in [0.2, 0.25) is 0 Å². The van der Waals surface area contributed by atoms with Crippen molar-refractivity contribution in [3.8, 4) is 11.3 Å². The SMILES string of the molecule is Cc1ccc(-c2c[nH]c(NC(=O)c3ccno3)n2)cc1. The number of nitrogens with one attached hydrogen (secondary N) is 2. The highest BCUT2D eigenvalue weighted by Gasteiger charge is 2.12. The van der Waals surface area contributed by atoms with Crippen LogP contribution in [0.1, 0.15) is 16.1 Å². The van der Waals surface area contributed by atoms with E-state index in [1.54, 1.807) is 6.20 Å². The summed E-state index contributed by atoms with van der Waals surface area (Å²) in [6.07, 6.45) is 3.15. The van der Waals surface area contributed by atoms with Crippen LogP contribution in [0.15, 0.2) is 47.2 Å². The average Bonchev–Trinajstić information content (AvgIpc) is 3.10. The monoisotopic (exact) mass is 268 g/mol. The summed E-state index contributed by atoms with van der Waals surface area (Å²) in [5.41, 5.74) is 2.92. The highest BCUT2D eigenvalue weighted by atomic mass is 16.5. The lowest BCUT2D eigenvalue weighted by Crippen LogP contribution is -2.11. The van der Waals surface area contributed by atoms with Crippen molar-refractivity contribution in [3.63, 3.8) is 0 Å². The largest absolute Gasteiger partial charge is 0.351 e. The van der Waals surface area contributed by atoms with E-state index in [1.165, 1.54) is 17.8 Å². The summed E-state index contributed by atoms with van der Waals surface area (Å²) in [5, 5.41) is 6.09. The Labute approximate surface area is 114 Å². The van der Waals surface area contributed by atoms with Gasteiger partial charge in [0.1, 0.15) is 0 Å². The molecule has 3 aromatic rings. The Morgan fingerprint density at radius 3 is 2.75 bits per heavy atom. The number of hydrogen-bond acceptors (Lipinski definition) is 4. The Hall–Kier alpha value is -2.89. The fourth-order valence-corrected chi connectivity index (χ4v) is 1.76. The van der Waals surface area contributed by atoms with Crippen molar-refractivity contribution in [2.75, 3.05) is 5.32 Å². The van der Waals surface area contributed by atoms with Gasteiger partial charge in [0, 0.05) is 17.8 Å². The van der Waals surface area contributed by atoms with Crippen molar-refractivity contribution in [2.24, 2.45) is 0 Å². The number of H-pyrrole nitrogens is 1. The minimum Gasteiger partial charge on any atom is -0.351 e. The van der Waals surface area contributed by atoms with Crippen LogP contribution in [0.3, 0.4) is 0 Å². The van der Waals surface area contributed by atoms with E-state index >= 15 is 0 Å². The minimum absolute atomic E-state index is 0.137. The number of amides is 1. The standard InChI is InChI=1S/C14H12N4O2/c1-9-2-4-10(5-3-9)11-8-15-14(17-11)18-13(19)12-6-7-16-20-12/h2-8H,1H3,(H2,15,17,18,19). The molecular weight excluding hydrogens is 256 g/mol. The van der Waals surface area contributed by atoms with E-state index in [9.17, 15) is 4.79 Å². The topological polar surface area (TPSA) is 83.8 Å². The van der Waals surface area contributed by atoms with Crippen LogP contribution in [0.5, 0.6) is 0 Å². The molecule has 0 radical (unpaired) electrons. The molecule has 2 N–H and O–H groups in total. The molecule has 0 unspecified atom stereocenters. The summed E-state index contributed by atoms with van der Waals surface area (Å²) in [5.74, 6) is 0.104. The molecule has 1 aromatic carbocycles. The van der Waals surface area contributed by atoms with Crippen LogP contribution >= 0.6 is 0 Å². The quantitative estimate of drug-likeness (QED) is 0.764. The molecule has 0 aliphatic rings. The Kier molecular flexibility index (Phi) is 3.04. The maximum atomic E-state index is 11.8. The highest BCUT2D eigenvalue weighted by molar-refractivity contribution is 6.01. The molecule has 100 valence electrons. The van der Waals surface area contributed by atoms with Crippen LogP contribution in [0.4, 0.5) is 5.95 Å². The first-order chi connectivity index (χ1) is 9.72. The van der Waals surface area contributed by atoms with E-state index in [2.05, 4.69) is 20.4 Å². The van der Waals surface area contributed by atoms with Gasteiger partial charge < -0.3 is 9.51 Å². The van der Waals surface area contributed by atoms with Crippen molar-refractivity contribution in [1.82, 2.24) is 15.1 Å². The Balaban J connectivity index is 1.77. The third-order valence-corrected chi connectivity index (χ3v) is 2.82. The predicted octanol–water partition coefficient (Wildman–Crippen LogP) is 2.63. The van der Waals surface area contributed by atoms with E-state index in [1.807, 2.05) is 31.2 Å². The highest BCUT2D eigenvalue weighted by Crippen LogP contribution is 2.19. The zero-order valence-corrected chi connectivity index (χ0v) is 10.8. The van der Waals surface area contributed by atoms with Gasteiger partial charge in [0.05, 0.1) is 11.9 Å². The lowest BCUT2D eigenvalue weighted by atomic mass is 10.1. The molecule has 2 aromatic heterocycles. The summed E-state index contributed by atoms with van der Waals surface area (Å²) in [4.78, 5) is 19.0. The molecule has 6 nitrogen and oxygen atoms in total. The molecule has 6 heteroatoms. The van der Waals surface area contributed by atoms with Gasteiger partial charge in [-0.1, -0.05) is 35.0 Å². The maximum Gasteiger partial charge on any atom is 0.296 e. The van der Waals surface area contributed by atoms with E-state index < -0.39 is 5.91 Å². The molecular formula is C14H12N4O2. The molecule has 0 aliphatic carbocycles. The second kappa shape index (κ2) is 5.00. The molecule has 0 aliphatic heterocycles. The van der Waals surface area contributed by atoms with Gasteiger partial charge >= 0.3 is 0 Å². The van der Waals surface area contributed by atoms with Gasteiger partial charge in [-0.3, -0.25) is 10.1 Å². The van der Waals surface area contributed by atoms with E-state index in [0.29, 0.717) is 5.95 Å². The second-order valence-electron chi connectivity index (χ2n) is 4.33. The van der Waals surface area contributed by atoms with Crippen molar-refractivity contribution in [1.29, 1.82) is 0 Å². The molecule has 0 saturated heterocycles. The Morgan fingerprint density at radius 2 is 2.05 bits per heavy atom. The molecule has 3 rings (SSSR count). The number of carbonyl (C=O) groups is 1. The van der Waals surface area contributed by atoms with Gasteiger partial charge in [-0.15, -0.1) is 0 Å². The molecule has 20 heavy (non-hydrogen) atoms. The summed E-state index contributed by atoms with van der Waals surface area (Å²) in [6.45, 7) is 2.03. The predicted molar refractivity (Wildman–Crippen MR) is 73.2 cm³/mol. The average molecular weight is 268 g/mol. The number of aryl methyl sites for hydroxylation is 1. The fourth-order valence-electron chi connectivity index (χ4n) is 1.76. The van der Waals surface area contributed by atoms with Gasteiger partial charge in [0.2, 0.25) is 11.7 Å². The maximum absolute atomic E-state index is 11.8. The van der Waals surface area contributed by atoms with Crippen LogP contribution in [0.25, 0.3) is 11.3 Å². The molecule has 0 fully saturated rings. The van der Waals surface area contributed by atoms with Crippen molar-refractivity contribution >= 4 is 11.9 Å². The van der Waals surface area contributed by atoms with Gasteiger partial charge in [-0.05, 0) is 6.92 Å². The normalized spacial score (nSPS) is 10.4. The molecule has 2 heterocycles. The number of aromatic amines is 1. The number of nitrogens with zero attached hydrogens (tertiary/aromatic N) is 2. The summed E-state index contributed by atoms with van der Waals surface area (Å²) in [7, 11) is 0. The first-order valence-corrected chi connectivity index (χ1v) is 6.07. The van der Waals surface area contributed by atoms with Crippen molar-refractivity contribution < 1.29 is 9.32 Å². The first-order valence-electron chi connectivity index (χ1n) is 6.07. The van der Waals surface area contributed by atoms with Crippen LogP contribution in [-0.4, -0.2) is 21.0 Å². The number of anilines is 1. The van der Waals surface area contributed by atoms with E-state index in [0.717, 1.165) is 11.3 Å². The van der Waals surface area contributed by atoms with Crippen molar-refractivity contribution in [3.05, 3.63) is 54.0 Å². The Bertz CT molecular complexity index is 714. The lowest BCUT2D eigenvalue weighted by molar-refractivity contribution is 0.0987. The molecule has 1 amide bonds. The van der Waals surface area contributed by atoms with Crippen LogP contribution < -0.4 is 5.32 Å². The third kappa shape index (κ3) is 2.44. The zero-order chi connectivity index (χ0) is 13.9. The lowest BCUT2D eigenvalue weighted by Gasteiger charge is -1.98. The minimum atomic E-state index is -0.396. The number of benzene rings is 1.